The van der Waals surface area contributed by atoms with Crippen LogP contribution in [0, 0.1) is 22.7 Å². The van der Waals surface area contributed by atoms with Gasteiger partial charge in [0.15, 0.2) is 6.61 Å². The molecule has 14 heavy (non-hydrogen) atoms. The lowest BCUT2D eigenvalue weighted by atomic mass is 10.1. The third-order valence-electron chi connectivity index (χ3n) is 1.50. The fourth-order valence-electron chi connectivity index (χ4n) is 0.897. The molecular formula is C10H6N2O2. The third-order valence-corrected chi connectivity index (χ3v) is 1.50. The minimum absolute atomic E-state index is 0.277. The van der Waals surface area contributed by atoms with Crippen molar-refractivity contribution < 1.29 is 9.53 Å². The molecular weight excluding hydrogens is 180 g/mol. The van der Waals surface area contributed by atoms with Crippen LogP contribution in [0.3, 0.4) is 0 Å². The molecule has 0 saturated heterocycles. The topological polar surface area (TPSA) is 73.9 Å². The van der Waals surface area contributed by atoms with Crippen molar-refractivity contribution in [1.29, 1.82) is 10.5 Å². The standard InChI is InChI=1S/C10H6N2O2/c11-4-5-14-10(13)9-3-1-2-8(6-9)7-12/h1-3,6H,5H2. The van der Waals surface area contributed by atoms with Gasteiger partial charge in [-0.3, -0.25) is 0 Å². The maximum absolute atomic E-state index is 11.2. The van der Waals surface area contributed by atoms with Crippen LogP contribution in [0.1, 0.15) is 15.9 Å². The van der Waals surface area contributed by atoms with Gasteiger partial charge >= 0.3 is 5.97 Å². The summed E-state index contributed by atoms with van der Waals surface area (Å²) in [7, 11) is 0. The number of nitriles is 2. The van der Waals surface area contributed by atoms with Gasteiger partial charge in [-0.05, 0) is 18.2 Å². The van der Waals surface area contributed by atoms with Crippen LogP contribution < -0.4 is 0 Å². The summed E-state index contributed by atoms with van der Waals surface area (Å²) in [6.45, 7) is -0.282. The fourth-order valence-corrected chi connectivity index (χ4v) is 0.897. The molecule has 1 aromatic rings. The number of esters is 1. The van der Waals surface area contributed by atoms with E-state index in [1.54, 1.807) is 18.2 Å². The lowest BCUT2D eigenvalue weighted by Gasteiger charge is -1.99. The average molecular weight is 186 g/mol. The van der Waals surface area contributed by atoms with Gasteiger partial charge in [0.25, 0.3) is 0 Å². The molecule has 0 radical (unpaired) electrons. The zero-order valence-electron chi connectivity index (χ0n) is 7.23. The van der Waals surface area contributed by atoms with Crippen molar-refractivity contribution in [3.63, 3.8) is 0 Å². The minimum Gasteiger partial charge on any atom is -0.447 e. The summed E-state index contributed by atoms with van der Waals surface area (Å²) in [5.74, 6) is -0.594. The monoisotopic (exact) mass is 186 g/mol. The molecule has 0 amide bonds. The zero-order chi connectivity index (χ0) is 10.4. The van der Waals surface area contributed by atoms with E-state index >= 15 is 0 Å². The predicted molar refractivity (Wildman–Crippen MR) is 47.1 cm³/mol. The largest absolute Gasteiger partial charge is 0.447 e. The third kappa shape index (κ3) is 2.33. The molecule has 0 unspecified atom stereocenters. The van der Waals surface area contributed by atoms with Gasteiger partial charge < -0.3 is 4.74 Å². The normalized spacial score (nSPS) is 8.43. The van der Waals surface area contributed by atoms with Gasteiger partial charge in [-0.1, -0.05) is 6.07 Å². The average Bonchev–Trinajstić information content (AvgIpc) is 2.26. The highest BCUT2D eigenvalue weighted by Crippen LogP contribution is 2.05. The molecule has 0 fully saturated rings. The second-order valence-corrected chi connectivity index (χ2v) is 2.43. The SMILES string of the molecule is N#CCOC(=O)c1cccc(C#N)c1. The first kappa shape index (κ1) is 9.76. The van der Waals surface area contributed by atoms with Gasteiger partial charge in [-0.2, -0.15) is 10.5 Å². The van der Waals surface area contributed by atoms with Crippen molar-refractivity contribution >= 4 is 5.97 Å². The molecule has 1 rings (SSSR count). The van der Waals surface area contributed by atoms with Crippen LogP contribution in [-0.4, -0.2) is 12.6 Å². The summed E-state index contributed by atoms with van der Waals surface area (Å²) >= 11 is 0. The number of carbonyl (C=O) groups is 1. The number of nitrogens with zero attached hydrogens (tertiary/aromatic N) is 2. The van der Waals surface area contributed by atoms with E-state index in [-0.39, 0.29) is 12.2 Å². The van der Waals surface area contributed by atoms with E-state index in [1.165, 1.54) is 12.1 Å². The zero-order valence-corrected chi connectivity index (χ0v) is 7.23. The molecule has 0 aliphatic rings. The first-order valence-electron chi connectivity index (χ1n) is 3.82. The van der Waals surface area contributed by atoms with Crippen molar-refractivity contribution in [3.8, 4) is 12.1 Å². The van der Waals surface area contributed by atoms with Crippen LogP contribution in [0.25, 0.3) is 0 Å². The second-order valence-electron chi connectivity index (χ2n) is 2.43. The quantitative estimate of drug-likeness (QED) is 0.651. The summed E-state index contributed by atoms with van der Waals surface area (Å²) in [4.78, 5) is 11.2. The molecule has 1 aromatic carbocycles. The Kier molecular flexibility index (Phi) is 3.23. The highest BCUT2D eigenvalue weighted by molar-refractivity contribution is 5.89. The number of carbonyl (C=O) groups excluding carboxylic acids is 1. The maximum Gasteiger partial charge on any atom is 0.339 e. The van der Waals surface area contributed by atoms with Crippen molar-refractivity contribution in [3.05, 3.63) is 35.4 Å². The van der Waals surface area contributed by atoms with Gasteiger partial charge in [0.1, 0.15) is 6.07 Å². The van der Waals surface area contributed by atoms with Gasteiger partial charge in [-0.15, -0.1) is 0 Å². The van der Waals surface area contributed by atoms with Crippen LogP contribution in [0.5, 0.6) is 0 Å². The van der Waals surface area contributed by atoms with Gasteiger partial charge in [0, 0.05) is 0 Å². The molecule has 0 heterocycles. The maximum atomic E-state index is 11.2. The first-order chi connectivity index (χ1) is 6.77. The molecule has 0 aliphatic heterocycles. The van der Waals surface area contributed by atoms with Gasteiger partial charge in [-0.25, -0.2) is 4.79 Å². The van der Waals surface area contributed by atoms with Crippen molar-refractivity contribution in [2.45, 2.75) is 0 Å². The lowest BCUT2D eigenvalue weighted by Crippen LogP contribution is -2.05. The van der Waals surface area contributed by atoms with E-state index in [0.29, 0.717) is 5.56 Å². The van der Waals surface area contributed by atoms with Gasteiger partial charge in [0.2, 0.25) is 0 Å². The number of rotatable bonds is 2. The highest BCUT2D eigenvalue weighted by Gasteiger charge is 2.06. The highest BCUT2D eigenvalue weighted by atomic mass is 16.5. The van der Waals surface area contributed by atoms with E-state index in [4.69, 9.17) is 10.5 Å². The first-order valence-corrected chi connectivity index (χ1v) is 3.82. The molecule has 68 valence electrons. The molecule has 0 saturated carbocycles. The second kappa shape index (κ2) is 4.64. The van der Waals surface area contributed by atoms with E-state index < -0.39 is 5.97 Å². The molecule has 0 atom stereocenters. The Morgan fingerprint density at radius 2 is 2.21 bits per heavy atom. The van der Waals surface area contributed by atoms with Crippen molar-refractivity contribution in [2.24, 2.45) is 0 Å². The van der Waals surface area contributed by atoms with Crippen LogP contribution in [0.2, 0.25) is 0 Å². The minimum atomic E-state index is -0.594. The van der Waals surface area contributed by atoms with E-state index in [0.717, 1.165) is 0 Å². The Morgan fingerprint density at radius 3 is 2.86 bits per heavy atom. The molecule has 0 aromatic heterocycles. The van der Waals surface area contributed by atoms with E-state index in [9.17, 15) is 4.79 Å². The lowest BCUT2D eigenvalue weighted by molar-refractivity contribution is 0.0555. The Balaban J connectivity index is 2.82. The summed E-state index contributed by atoms with van der Waals surface area (Å²) in [6.07, 6.45) is 0. The Labute approximate surface area is 81.0 Å². The Morgan fingerprint density at radius 1 is 1.43 bits per heavy atom. The number of hydrogen-bond acceptors (Lipinski definition) is 4. The van der Waals surface area contributed by atoms with Crippen LogP contribution in [-0.2, 0) is 4.74 Å². The summed E-state index contributed by atoms with van der Waals surface area (Å²) in [6, 6.07) is 9.71. The molecule has 4 nitrogen and oxygen atoms in total. The number of ether oxygens (including phenoxy) is 1. The Hall–Kier alpha value is -2.33. The molecule has 0 N–H and O–H groups in total. The fraction of sp³-hybridized carbons (Fsp3) is 0.100. The summed E-state index contributed by atoms with van der Waals surface area (Å²) in [5, 5.41) is 16.7. The van der Waals surface area contributed by atoms with Gasteiger partial charge in [0.05, 0.1) is 17.2 Å². The summed E-state index contributed by atoms with van der Waals surface area (Å²) < 4.78 is 4.57. The van der Waals surface area contributed by atoms with Crippen LogP contribution in [0.15, 0.2) is 24.3 Å². The number of hydrogen-bond donors (Lipinski definition) is 0. The van der Waals surface area contributed by atoms with Crippen LogP contribution >= 0.6 is 0 Å². The molecule has 0 bridgehead atoms. The van der Waals surface area contributed by atoms with E-state index in [2.05, 4.69) is 4.74 Å². The predicted octanol–water partition coefficient (Wildman–Crippen LogP) is 1.24. The molecule has 0 spiro atoms. The molecule has 4 heteroatoms. The van der Waals surface area contributed by atoms with Crippen molar-refractivity contribution in [2.75, 3.05) is 6.61 Å². The smallest absolute Gasteiger partial charge is 0.339 e. The van der Waals surface area contributed by atoms with Crippen LogP contribution in [0.4, 0.5) is 0 Å². The van der Waals surface area contributed by atoms with Crippen molar-refractivity contribution in [1.82, 2.24) is 0 Å². The van der Waals surface area contributed by atoms with E-state index in [1.807, 2.05) is 6.07 Å². The number of benzene rings is 1. The molecule has 0 aliphatic carbocycles. The Bertz CT molecular complexity index is 426. The summed E-state index contributed by atoms with van der Waals surface area (Å²) in [5.41, 5.74) is 0.663.